The Labute approximate surface area is 193 Å². The van der Waals surface area contributed by atoms with Crippen LogP contribution >= 0.6 is 0 Å². The lowest BCUT2D eigenvalue weighted by Crippen LogP contribution is -2.26. The Hall–Kier alpha value is -3.67. The summed E-state index contributed by atoms with van der Waals surface area (Å²) in [6, 6.07) is 19.8. The Morgan fingerprint density at radius 1 is 1.03 bits per heavy atom. The first kappa shape index (κ1) is 22.5. The van der Waals surface area contributed by atoms with Gasteiger partial charge in [0, 0.05) is 25.1 Å². The molecule has 1 amide bonds. The predicted molar refractivity (Wildman–Crippen MR) is 128 cm³/mol. The molecule has 1 aromatic heterocycles. The van der Waals surface area contributed by atoms with Gasteiger partial charge in [-0.1, -0.05) is 18.2 Å². The van der Waals surface area contributed by atoms with E-state index >= 15 is 0 Å². The van der Waals surface area contributed by atoms with Crippen LogP contribution in [0.5, 0.6) is 5.75 Å². The van der Waals surface area contributed by atoms with Crippen molar-refractivity contribution in [3.05, 3.63) is 95.1 Å². The number of amides is 1. The van der Waals surface area contributed by atoms with Crippen LogP contribution in [0.1, 0.15) is 33.7 Å². The molecule has 4 aromatic rings. The molecule has 0 atom stereocenters. The largest absolute Gasteiger partial charge is 0.494 e. The monoisotopic (exact) mass is 445 g/mol. The van der Waals surface area contributed by atoms with Gasteiger partial charge in [-0.05, 0) is 79.9 Å². The number of rotatable bonds is 9. The SMILES string of the molecule is Cc1cc(C)cc(OCCCn2c(CCNC(=O)c3ccc(F)cc3)nc3ccccc32)c1. The van der Waals surface area contributed by atoms with Gasteiger partial charge in [0.25, 0.3) is 5.91 Å². The molecule has 1 N–H and O–H groups in total. The first-order chi connectivity index (χ1) is 16.0. The predicted octanol–water partition coefficient (Wildman–Crippen LogP) is 5.23. The second-order valence-corrected chi connectivity index (χ2v) is 8.21. The summed E-state index contributed by atoms with van der Waals surface area (Å²) in [6.45, 7) is 5.96. The van der Waals surface area contributed by atoms with Crippen LogP contribution in [0.4, 0.5) is 4.39 Å². The molecule has 0 bridgehead atoms. The molecule has 170 valence electrons. The number of ether oxygens (including phenoxy) is 1. The molecule has 0 unspecified atom stereocenters. The molecule has 0 radical (unpaired) electrons. The summed E-state index contributed by atoms with van der Waals surface area (Å²) >= 11 is 0. The van der Waals surface area contributed by atoms with Crippen LogP contribution in [-0.2, 0) is 13.0 Å². The standard InChI is InChI=1S/C27H28FN3O2/c1-19-16-20(2)18-23(17-19)33-15-5-14-31-25-7-4-3-6-24(25)30-26(31)12-13-29-27(32)21-8-10-22(28)11-9-21/h3-4,6-11,16-18H,5,12-15H2,1-2H3,(H,29,32). The Morgan fingerprint density at radius 2 is 1.76 bits per heavy atom. The van der Waals surface area contributed by atoms with Gasteiger partial charge in [-0.2, -0.15) is 0 Å². The summed E-state index contributed by atoms with van der Waals surface area (Å²) in [4.78, 5) is 17.1. The molecule has 33 heavy (non-hydrogen) atoms. The van der Waals surface area contributed by atoms with E-state index in [1.54, 1.807) is 0 Å². The lowest BCUT2D eigenvalue weighted by atomic mass is 10.1. The van der Waals surface area contributed by atoms with Gasteiger partial charge < -0.3 is 14.6 Å². The minimum absolute atomic E-state index is 0.223. The van der Waals surface area contributed by atoms with E-state index in [1.807, 2.05) is 18.2 Å². The maximum absolute atomic E-state index is 13.1. The number of hydrogen-bond donors (Lipinski definition) is 1. The van der Waals surface area contributed by atoms with Crippen LogP contribution in [0.15, 0.2) is 66.7 Å². The Balaban J connectivity index is 1.37. The van der Waals surface area contributed by atoms with Gasteiger partial charge in [0.05, 0.1) is 17.6 Å². The molecule has 6 heteroatoms. The number of fused-ring (bicyclic) bond motifs is 1. The van der Waals surface area contributed by atoms with Crippen molar-refractivity contribution in [2.24, 2.45) is 0 Å². The topological polar surface area (TPSA) is 56.1 Å². The molecule has 5 nitrogen and oxygen atoms in total. The second-order valence-electron chi connectivity index (χ2n) is 8.21. The zero-order chi connectivity index (χ0) is 23.2. The molecule has 0 spiro atoms. The van der Waals surface area contributed by atoms with Crippen molar-refractivity contribution in [3.63, 3.8) is 0 Å². The summed E-state index contributed by atoms with van der Waals surface area (Å²) in [5.74, 6) is 1.23. The van der Waals surface area contributed by atoms with Crippen molar-refractivity contribution in [1.82, 2.24) is 14.9 Å². The van der Waals surface area contributed by atoms with Gasteiger partial charge in [0.15, 0.2) is 0 Å². The fraction of sp³-hybridized carbons (Fsp3) is 0.259. The molecular weight excluding hydrogens is 417 g/mol. The van der Waals surface area contributed by atoms with Crippen molar-refractivity contribution in [2.75, 3.05) is 13.2 Å². The highest BCUT2D eigenvalue weighted by Gasteiger charge is 2.12. The Bertz CT molecular complexity index is 1230. The number of nitrogens with zero attached hydrogens (tertiary/aromatic N) is 2. The first-order valence-electron chi connectivity index (χ1n) is 11.2. The number of halogens is 1. The van der Waals surface area contributed by atoms with Gasteiger partial charge in [0.2, 0.25) is 0 Å². The van der Waals surface area contributed by atoms with Crippen LogP contribution < -0.4 is 10.1 Å². The molecule has 0 aliphatic carbocycles. The molecule has 0 aliphatic rings. The maximum atomic E-state index is 13.1. The number of hydrogen-bond acceptors (Lipinski definition) is 3. The number of imidazole rings is 1. The Morgan fingerprint density at radius 3 is 2.52 bits per heavy atom. The van der Waals surface area contributed by atoms with Crippen molar-refractivity contribution in [1.29, 1.82) is 0 Å². The molecule has 0 fully saturated rings. The summed E-state index contributed by atoms with van der Waals surface area (Å²) < 4.78 is 21.2. The van der Waals surface area contributed by atoms with E-state index in [-0.39, 0.29) is 11.7 Å². The molecule has 0 saturated heterocycles. The van der Waals surface area contributed by atoms with Crippen molar-refractivity contribution >= 4 is 16.9 Å². The summed E-state index contributed by atoms with van der Waals surface area (Å²) in [6.07, 6.45) is 1.43. The van der Waals surface area contributed by atoms with Gasteiger partial charge in [-0.15, -0.1) is 0 Å². The van der Waals surface area contributed by atoms with Gasteiger partial charge in [0.1, 0.15) is 17.4 Å². The van der Waals surface area contributed by atoms with Gasteiger partial charge in [-0.3, -0.25) is 4.79 Å². The average molecular weight is 446 g/mol. The number of para-hydroxylation sites is 2. The van der Waals surface area contributed by atoms with E-state index in [0.717, 1.165) is 35.6 Å². The smallest absolute Gasteiger partial charge is 0.251 e. The average Bonchev–Trinajstić information content (AvgIpc) is 3.14. The molecule has 0 aliphatic heterocycles. The van der Waals surface area contributed by atoms with E-state index in [0.29, 0.717) is 25.1 Å². The van der Waals surface area contributed by atoms with Crippen LogP contribution in [-0.4, -0.2) is 28.6 Å². The first-order valence-corrected chi connectivity index (χ1v) is 11.2. The van der Waals surface area contributed by atoms with Crippen LogP contribution in [0.3, 0.4) is 0 Å². The lowest BCUT2D eigenvalue weighted by molar-refractivity contribution is 0.0954. The highest BCUT2D eigenvalue weighted by Crippen LogP contribution is 2.19. The number of carbonyl (C=O) groups excluding carboxylic acids is 1. The van der Waals surface area contributed by atoms with E-state index < -0.39 is 0 Å². The third-order valence-electron chi connectivity index (χ3n) is 5.46. The summed E-state index contributed by atoms with van der Waals surface area (Å²) in [5.41, 5.74) is 4.83. The van der Waals surface area contributed by atoms with Crippen LogP contribution in [0, 0.1) is 19.7 Å². The van der Waals surface area contributed by atoms with Crippen molar-refractivity contribution in [2.45, 2.75) is 33.2 Å². The number of aryl methyl sites for hydroxylation is 3. The van der Waals surface area contributed by atoms with E-state index in [4.69, 9.17) is 9.72 Å². The minimum atomic E-state index is -0.359. The number of benzene rings is 3. The zero-order valence-electron chi connectivity index (χ0n) is 19.0. The quantitative estimate of drug-likeness (QED) is 0.359. The van der Waals surface area contributed by atoms with E-state index in [9.17, 15) is 9.18 Å². The Kier molecular flexibility index (Phi) is 7.03. The van der Waals surface area contributed by atoms with Crippen molar-refractivity contribution < 1.29 is 13.9 Å². The van der Waals surface area contributed by atoms with Crippen molar-refractivity contribution in [3.8, 4) is 5.75 Å². The zero-order valence-corrected chi connectivity index (χ0v) is 19.0. The highest BCUT2D eigenvalue weighted by atomic mass is 19.1. The molecular formula is C27H28FN3O2. The van der Waals surface area contributed by atoms with E-state index in [1.165, 1.54) is 35.4 Å². The highest BCUT2D eigenvalue weighted by molar-refractivity contribution is 5.94. The fourth-order valence-electron chi connectivity index (χ4n) is 3.99. The molecule has 1 heterocycles. The fourth-order valence-corrected chi connectivity index (χ4v) is 3.99. The minimum Gasteiger partial charge on any atom is -0.494 e. The molecule has 4 rings (SSSR count). The summed E-state index contributed by atoms with van der Waals surface area (Å²) in [5, 5.41) is 2.90. The number of carbonyl (C=O) groups is 1. The number of aromatic nitrogens is 2. The third kappa shape index (κ3) is 5.77. The lowest BCUT2D eigenvalue weighted by Gasteiger charge is -2.12. The van der Waals surface area contributed by atoms with Crippen LogP contribution in [0.2, 0.25) is 0 Å². The molecule has 3 aromatic carbocycles. The second kappa shape index (κ2) is 10.3. The number of nitrogens with one attached hydrogen (secondary N) is 1. The van der Waals surface area contributed by atoms with E-state index in [2.05, 4.69) is 48.0 Å². The molecule has 0 saturated carbocycles. The van der Waals surface area contributed by atoms with Gasteiger partial charge in [-0.25, -0.2) is 9.37 Å². The third-order valence-corrected chi connectivity index (χ3v) is 5.46. The summed E-state index contributed by atoms with van der Waals surface area (Å²) in [7, 11) is 0. The maximum Gasteiger partial charge on any atom is 0.251 e. The van der Waals surface area contributed by atoms with Gasteiger partial charge >= 0.3 is 0 Å². The normalized spacial score (nSPS) is 11.0. The van der Waals surface area contributed by atoms with Crippen LogP contribution in [0.25, 0.3) is 11.0 Å².